The zero-order valence-corrected chi connectivity index (χ0v) is 11.6. The smallest absolute Gasteiger partial charge is 0.276 e. The highest BCUT2D eigenvalue weighted by atomic mass is 16.6. The zero-order chi connectivity index (χ0) is 15.3. The maximum absolute atomic E-state index is 11.9. The molecule has 2 N–H and O–H groups in total. The first-order valence-electron chi connectivity index (χ1n) is 6.91. The number of carbonyl (C=O) groups excluding carboxylic acids is 1. The summed E-state index contributed by atoms with van der Waals surface area (Å²) in [7, 11) is 0. The standard InChI is InChI=1S/C15H18N2O4/c18-11-15(9-3-4-10-15)16-14(19)8-7-12-5-1-2-6-13(12)17(20)21/h1-2,5-8,18H,3-4,9-11H2,(H,16,19). The van der Waals surface area contributed by atoms with Crippen molar-refractivity contribution in [3.05, 3.63) is 46.0 Å². The molecule has 6 nitrogen and oxygen atoms in total. The summed E-state index contributed by atoms with van der Waals surface area (Å²) in [6.45, 7) is -0.0853. The van der Waals surface area contributed by atoms with Crippen molar-refractivity contribution in [2.75, 3.05) is 6.61 Å². The number of hydrogen-bond acceptors (Lipinski definition) is 4. The Morgan fingerprint density at radius 3 is 2.67 bits per heavy atom. The van der Waals surface area contributed by atoms with E-state index in [2.05, 4.69) is 5.32 Å². The second-order valence-electron chi connectivity index (χ2n) is 5.28. The number of benzene rings is 1. The molecule has 6 heteroatoms. The summed E-state index contributed by atoms with van der Waals surface area (Å²) in [5.74, 6) is -0.343. The van der Waals surface area contributed by atoms with Crippen LogP contribution in [0, 0.1) is 10.1 Å². The highest BCUT2D eigenvalue weighted by Gasteiger charge is 2.33. The number of nitrogens with one attached hydrogen (secondary N) is 1. The van der Waals surface area contributed by atoms with Gasteiger partial charge in [0.05, 0.1) is 22.6 Å². The van der Waals surface area contributed by atoms with Gasteiger partial charge < -0.3 is 10.4 Å². The molecular weight excluding hydrogens is 272 g/mol. The van der Waals surface area contributed by atoms with Gasteiger partial charge in [0.1, 0.15) is 0 Å². The van der Waals surface area contributed by atoms with Gasteiger partial charge >= 0.3 is 0 Å². The van der Waals surface area contributed by atoms with Crippen LogP contribution in [0.4, 0.5) is 5.69 Å². The van der Waals surface area contributed by atoms with E-state index in [0.29, 0.717) is 5.56 Å². The maximum Gasteiger partial charge on any atom is 0.276 e. The third-order valence-corrected chi connectivity index (χ3v) is 3.80. The van der Waals surface area contributed by atoms with E-state index in [1.54, 1.807) is 18.2 Å². The van der Waals surface area contributed by atoms with E-state index in [-0.39, 0.29) is 18.2 Å². The molecule has 112 valence electrons. The number of nitro groups is 1. The summed E-state index contributed by atoms with van der Waals surface area (Å²) in [5, 5.41) is 23.1. The second kappa shape index (κ2) is 6.49. The van der Waals surface area contributed by atoms with Gasteiger partial charge in [-0.1, -0.05) is 25.0 Å². The quantitative estimate of drug-likeness (QED) is 0.493. The Labute approximate surface area is 122 Å². The third kappa shape index (κ3) is 3.66. The lowest BCUT2D eigenvalue weighted by atomic mass is 9.99. The number of aliphatic hydroxyl groups is 1. The normalized spacial score (nSPS) is 17.0. The van der Waals surface area contributed by atoms with E-state index in [1.807, 2.05) is 0 Å². The van der Waals surface area contributed by atoms with E-state index < -0.39 is 10.5 Å². The van der Waals surface area contributed by atoms with Crippen LogP contribution in [0.3, 0.4) is 0 Å². The van der Waals surface area contributed by atoms with Crippen LogP contribution in [-0.4, -0.2) is 28.1 Å². The van der Waals surface area contributed by atoms with Crippen molar-refractivity contribution in [3.63, 3.8) is 0 Å². The fourth-order valence-corrected chi connectivity index (χ4v) is 2.64. The molecule has 2 rings (SSSR count). The minimum atomic E-state index is -0.538. The van der Waals surface area contributed by atoms with Crippen LogP contribution in [0.5, 0.6) is 0 Å². The second-order valence-corrected chi connectivity index (χ2v) is 5.28. The summed E-state index contributed by atoms with van der Waals surface area (Å²) in [6.07, 6.45) is 6.18. The van der Waals surface area contributed by atoms with Gasteiger partial charge in [0.2, 0.25) is 5.91 Å². The fraction of sp³-hybridized carbons (Fsp3) is 0.400. The van der Waals surface area contributed by atoms with Crippen molar-refractivity contribution in [2.24, 2.45) is 0 Å². The topological polar surface area (TPSA) is 92.5 Å². The molecule has 0 saturated heterocycles. The first kappa shape index (κ1) is 15.2. The largest absolute Gasteiger partial charge is 0.394 e. The van der Waals surface area contributed by atoms with Crippen molar-refractivity contribution in [1.29, 1.82) is 0 Å². The molecule has 0 aromatic heterocycles. The van der Waals surface area contributed by atoms with Crippen LogP contribution >= 0.6 is 0 Å². The van der Waals surface area contributed by atoms with Gasteiger partial charge in [-0.25, -0.2) is 0 Å². The fourth-order valence-electron chi connectivity index (χ4n) is 2.64. The van der Waals surface area contributed by atoms with Crippen LogP contribution in [0.25, 0.3) is 6.08 Å². The first-order valence-corrected chi connectivity index (χ1v) is 6.91. The van der Waals surface area contributed by atoms with Crippen LogP contribution < -0.4 is 5.32 Å². The number of aliphatic hydroxyl groups excluding tert-OH is 1. The Hall–Kier alpha value is -2.21. The minimum absolute atomic E-state index is 0.0423. The molecule has 1 aromatic carbocycles. The van der Waals surface area contributed by atoms with Crippen LogP contribution in [-0.2, 0) is 4.79 Å². The van der Waals surface area contributed by atoms with E-state index in [9.17, 15) is 20.0 Å². The number of nitro benzene ring substituents is 1. The van der Waals surface area contributed by atoms with Crippen molar-refractivity contribution in [3.8, 4) is 0 Å². The Bertz CT molecular complexity index is 563. The number of carbonyl (C=O) groups is 1. The highest BCUT2D eigenvalue weighted by Crippen LogP contribution is 2.29. The van der Waals surface area contributed by atoms with Crippen molar-refractivity contribution >= 4 is 17.7 Å². The van der Waals surface area contributed by atoms with Gasteiger partial charge in [-0.2, -0.15) is 0 Å². The molecule has 1 saturated carbocycles. The lowest BCUT2D eigenvalue weighted by Crippen LogP contribution is -2.48. The first-order chi connectivity index (χ1) is 10.1. The molecule has 1 aliphatic carbocycles. The molecule has 0 unspecified atom stereocenters. The summed E-state index contributed by atoms with van der Waals surface area (Å²) >= 11 is 0. The lowest BCUT2D eigenvalue weighted by Gasteiger charge is -2.27. The summed E-state index contributed by atoms with van der Waals surface area (Å²) in [4.78, 5) is 22.3. The third-order valence-electron chi connectivity index (χ3n) is 3.80. The predicted molar refractivity (Wildman–Crippen MR) is 78.6 cm³/mol. The molecule has 0 bridgehead atoms. The van der Waals surface area contributed by atoms with Gasteiger partial charge in [0.15, 0.2) is 0 Å². The summed E-state index contributed by atoms with van der Waals surface area (Å²) in [5.41, 5.74) is -0.203. The molecule has 1 aliphatic rings. The Balaban J connectivity index is 2.07. The molecular formula is C15H18N2O4. The van der Waals surface area contributed by atoms with Gasteiger partial charge in [-0.15, -0.1) is 0 Å². The maximum atomic E-state index is 11.9. The SMILES string of the molecule is O=C(C=Cc1ccccc1[N+](=O)[O-])NC1(CO)CCCC1. The Morgan fingerprint density at radius 1 is 1.38 bits per heavy atom. The van der Waals surface area contributed by atoms with Gasteiger partial charge in [0, 0.05) is 12.1 Å². The molecule has 1 amide bonds. The number of nitrogens with zero attached hydrogens (tertiary/aromatic N) is 1. The van der Waals surface area contributed by atoms with Crippen molar-refractivity contribution in [2.45, 2.75) is 31.2 Å². The van der Waals surface area contributed by atoms with Gasteiger partial charge in [-0.3, -0.25) is 14.9 Å². The monoisotopic (exact) mass is 290 g/mol. The molecule has 21 heavy (non-hydrogen) atoms. The molecule has 1 aromatic rings. The zero-order valence-electron chi connectivity index (χ0n) is 11.6. The van der Waals surface area contributed by atoms with Crippen LogP contribution in [0.2, 0.25) is 0 Å². The number of amides is 1. The molecule has 0 spiro atoms. The average molecular weight is 290 g/mol. The molecule has 0 heterocycles. The highest BCUT2D eigenvalue weighted by molar-refractivity contribution is 5.92. The average Bonchev–Trinajstić information content (AvgIpc) is 2.94. The Kier molecular flexibility index (Phi) is 4.70. The van der Waals surface area contributed by atoms with Gasteiger partial charge in [-0.05, 0) is 25.0 Å². The predicted octanol–water partition coefficient (Wildman–Crippen LogP) is 2.03. The van der Waals surface area contributed by atoms with E-state index >= 15 is 0 Å². The Morgan fingerprint density at radius 2 is 2.05 bits per heavy atom. The lowest BCUT2D eigenvalue weighted by molar-refractivity contribution is -0.385. The minimum Gasteiger partial charge on any atom is -0.394 e. The van der Waals surface area contributed by atoms with Crippen LogP contribution in [0.1, 0.15) is 31.2 Å². The molecule has 0 aliphatic heterocycles. The van der Waals surface area contributed by atoms with Crippen molar-refractivity contribution in [1.82, 2.24) is 5.32 Å². The summed E-state index contributed by atoms with van der Waals surface area (Å²) in [6, 6.07) is 6.23. The van der Waals surface area contributed by atoms with E-state index in [4.69, 9.17) is 0 Å². The van der Waals surface area contributed by atoms with Crippen molar-refractivity contribution < 1.29 is 14.8 Å². The number of hydrogen-bond donors (Lipinski definition) is 2. The van der Waals surface area contributed by atoms with E-state index in [0.717, 1.165) is 25.7 Å². The number of para-hydroxylation sites is 1. The van der Waals surface area contributed by atoms with E-state index in [1.165, 1.54) is 18.2 Å². The molecule has 1 fully saturated rings. The molecule has 0 atom stereocenters. The van der Waals surface area contributed by atoms with Crippen LogP contribution in [0.15, 0.2) is 30.3 Å². The number of rotatable bonds is 5. The summed E-state index contributed by atoms with van der Waals surface area (Å²) < 4.78 is 0. The molecule has 0 radical (unpaired) electrons. The van der Waals surface area contributed by atoms with Gasteiger partial charge in [0.25, 0.3) is 5.69 Å².